The first kappa shape index (κ1) is 11.1. The molecule has 0 spiro atoms. The van der Waals surface area contributed by atoms with Crippen molar-refractivity contribution < 1.29 is 24.0 Å². The van der Waals surface area contributed by atoms with Gasteiger partial charge >= 0.3 is 7.82 Å². The zero-order valence-electron chi connectivity index (χ0n) is 6.47. The highest BCUT2D eigenvalue weighted by Crippen LogP contribution is 2.36. The van der Waals surface area contributed by atoms with E-state index in [4.69, 9.17) is 14.9 Å². The van der Waals surface area contributed by atoms with Crippen molar-refractivity contribution in [1.82, 2.24) is 0 Å². The highest BCUT2D eigenvalue weighted by Gasteiger charge is 2.17. The number of hydrogen-bond acceptors (Lipinski definition) is 3. The summed E-state index contributed by atoms with van der Waals surface area (Å²) in [6.07, 6.45) is -0.624. The van der Waals surface area contributed by atoms with Crippen LogP contribution >= 0.6 is 7.82 Å². The number of phosphoric acid groups is 1. The Morgan fingerprint density at radius 2 is 1.91 bits per heavy atom. The van der Waals surface area contributed by atoms with Crippen LogP contribution in [-0.2, 0) is 9.09 Å². The molecule has 0 saturated carbocycles. The third-order valence-corrected chi connectivity index (χ3v) is 1.81. The number of aliphatic hydroxyl groups excluding tert-OH is 1. The summed E-state index contributed by atoms with van der Waals surface area (Å²) >= 11 is 0. The van der Waals surface area contributed by atoms with Crippen molar-refractivity contribution in [2.24, 2.45) is 5.92 Å². The molecule has 6 heteroatoms. The molecular weight excluding hydrogens is 171 g/mol. The van der Waals surface area contributed by atoms with Crippen LogP contribution in [0.2, 0.25) is 0 Å². The number of aliphatic hydroxyl groups is 1. The lowest BCUT2D eigenvalue weighted by atomic mass is 10.1. The van der Waals surface area contributed by atoms with Crippen LogP contribution in [0.5, 0.6) is 0 Å². The molecule has 0 aliphatic carbocycles. The Morgan fingerprint density at radius 1 is 1.45 bits per heavy atom. The summed E-state index contributed by atoms with van der Waals surface area (Å²) in [6.45, 7) is 3.04. The van der Waals surface area contributed by atoms with Gasteiger partial charge in [-0.15, -0.1) is 0 Å². The molecule has 0 amide bonds. The van der Waals surface area contributed by atoms with E-state index in [1.54, 1.807) is 6.92 Å². The summed E-state index contributed by atoms with van der Waals surface area (Å²) in [6, 6.07) is 0. The fourth-order valence-electron chi connectivity index (χ4n) is 0.354. The molecule has 0 heterocycles. The minimum Gasteiger partial charge on any atom is -0.393 e. The number of hydrogen-bond donors (Lipinski definition) is 3. The van der Waals surface area contributed by atoms with E-state index in [9.17, 15) is 4.57 Å². The molecule has 3 N–H and O–H groups in total. The van der Waals surface area contributed by atoms with Crippen LogP contribution in [0, 0.1) is 5.92 Å². The van der Waals surface area contributed by atoms with Crippen LogP contribution in [0.15, 0.2) is 0 Å². The Bertz CT molecular complexity index is 151. The highest BCUT2D eigenvalue weighted by atomic mass is 31.2. The maximum Gasteiger partial charge on any atom is 0.469 e. The lowest BCUT2D eigenvalue weighted by molar-refractivity contribution is 0.0848. The number of rotatable bonds is 4. The number of phosphoric ester groups is 1. The van der Waals surface area contributed by atoms with E-state index < -0.39 is 13.9 Å². The molecule has 0 unspecified atom stereocenters. The summed E-state index contributed by atoms with van der Waals surface area (Å²) in [5.74, 6) is -0.275. The maximum atomic E-state index is 10.1. The molecule has 11 heavy (non-hydrogen) atoms. The van der Waals surface area contributed by atoms with Gasteiger partial charge in [-0.05, 0) is 6.92 Å². The highest BCUT2D eigenvalue weighted by molar-refractivity contribution is 7.46. The molecule has 0 aliphatic rings. The van der Waals surface area contributed by atoms with Crippen LogP contribution in [0.3, 0.4) is 0 Å². The van der Waals surface area contributed by atoms with Crippen molar-refractivity contribution >= 4 is 7.82 Å². The van der Waals surface area contributed by atoms with E-state index in [1.165, 1.54) is 6.92 Å². The fourth-order valence-corrected chi connectivity index (χ4v) is 0.783. The zero-order valence-corrected chi connectivity index (χ0v) is 7.36. The van der Waals surface area contributed by atoms with E-state index in [0.717, 1.165) is 0 Å². The summed E-state index contributed by atoms with van der Waals surface area (Å²) in [5.41, 5.74) is 0. The molecule has 0 aromatic carbocycles. The molecule has 0 bridgehead atoms. The van der Waals surface area contributed by atoms with Gasteiger partial charge in [0.15, 0.2) is 0 Å². The van der Waals surface area contributed by atoms with Crippen molar-refractivity contribution in [2.45, 2.75) is 20.0 Å². The molecule has 0 fully saturated rings. The molecule has 2 atom stereocenters. The van der Waals surface area contributed by atoms with E-state index in [-0.39, 0.29) is 12.5 Å². The molecule has 0 aromatic rings. The Labute approximate surface area is 65.2 Å². The van der Waals surface area contributed by atoms with Gasteiger partial charge in [-0.25, -0.2) is 4.57 Å². The van der Waals surface area contributed by atoms with Gasteiger partial charge in [0, 0.05) is 5.92 Å². The van der Waals surface area contributed by atoms with Gasteiger partial charge in [0.05, 0.1) is 12.7 Å². The lowest BCUT2D eigenvalue weighted by Crippen LogP contribution is -2.18. The Kier molecular flexibility index (Phi) is 4.21. The standard InChI is InChI=1S/C5H13O5P/c1-4(5(2)6)3-10-11(7,8)9/h4-6H,3H2,1-2H3,(H2,7,8,9)/t4-,5-/m1/s1. The van der Waals surface area contributed by atoms with E-state index in [0.29, 0.717) is 0 Å². The Hall–Kier alpha value is 0.0700. The largest absolute Gasteiger partial charge is 0.469 e. The quantitative estimate of drug-likeness (QED) is 0.540. The molecule has 68 valence electrons. The molecule has 0 rings (SSSR count). The molecule has 0 aromatic heterocycles. The Balaban J connectivity index is 3.63. The van der Waals surface area contributed by atoms with Gasteiger partial charge < -0.3 is 14.9 Å². The predicted molar refractivity (Wildman–Crippen MR) is 38.8 cm³/mol. The summed E-state index contributed by atoms with van der Waals surface area (Å²) in [4.78, 5) is 16.5. The van der Waals surface area contributed by atoms with Crippen molar-refractivity contribution in [3.05, 3.63) is 0 Å². The van der Waals surface area contributed by atoms with Crippen molar-refractivity contribution in [1.29, 1.82) is 0 Å². The SMILES string of the molecule is C[C@H](COP(=O)(O)O)[C@@H](C)O. The van der Waals surface area contributed by atoms with Crippen molar-refractivity contribution in [3.8, 4) is 0 Å². The van der Waals surface area contributed by atoms with E-state index >= 15 is 0 Å². The zero-order chi connectivity index (χ0) is 9.07. The predicted octanol–water partition coefficient (Wildman–Crippen LogP) is 0.113. The normalized spacial score (nSPS) is 17.9. The van der Waals surface area contributed by atoms with Gasteiger partial charge in [-0.2, -0.15) is 0 Å². The molecule has 0 aliphatic heterocycles. The van der Waals surface area contributed by atoms with Gasteiger partial charge in [-0.3, -0.25) is 4.52 Å². The fraction of sp³-hybridized carbons (Fsp3) is 1.00. The van der Waals surface area contributed by atoms with E-state index in [2.05, 4.69) is 4.52 Å². The molecule has 0 radical (unpaired) electrons. The smallest absolute Gasteiger partial charge is 0.393 e. The van der Waals surface area contributed by atoms with Gasteiger partial charge in [-0.1, -0.05) is 6.92 Å². The summed E-state index contributed by atoms with van der Waals surface area (Å²) < 4.78 is 14.3. The summed E-state index contributed by atoms with van der Waals surface area (Å²) in [5, 5.41) is 8.88. The first-order valence-corrected chi connectivity index (χ1v) is 4.74. The van der Waals surface area contributed by atoms with Crippen LogP contribution < -0.4 is 0 Å². The first-order valence-electron chi connectivity index (χ1n) is 3.21. The first-order chi connectivity index (χ1) is 4.83. The second kappa shape index (κ2) is 4.18. The average molecular weight is 184 g/mol. The molecule has 0 saturated heterocycles. The van der Waals surface area contributed by atoms with E-state index in [1.807, 2.05) is 0 Å². The maximum absolute atomic E-state index is 10.1. The van der Waals surface area contributed by atoms with Crippen molar-refractivity contribution in [2.75, 3.05) is 6.61 Å². The van der Waals surface area contributed by atoms with Crippen LogP contribution in [0.4, 0.5) is 0 Å². The molecule has 5 nitrogen and oxygen atoms in total. The lowest BCUT2D eigenvalue weighted by Gasteiger charge is -2.14. The monoisotopic (exact) mass is 184 g/mol. The van der Waals surface area contributed by atoms with Gasteiger partial charge in [0.25, 0.3) is 0 Å². The third-order valence-electron chi connectivity index (χ3n) is 1.33. The van der Waals surface area contributed by atoms with Gasteiger partial charge in [0.1, 0.15) is 0 Å². The minimum atomic E-state index is -4.37. The average Bonchev–Trinajstić information content (AvgIpc) is 1.80. The van der Waals surface area contributed by atoms with Crippen LogP contribution in [-0.4, -0.2) is 27.6 Å². The van der Waals surface area contributed by atoms with Gasteiger partial charge in [0.2, 0.25) is 0 Å². The van der Waals surface area contributed by atoms with Crippen molar-refractivity contribution in [3.63, 3.8) is 0 Å². The van der Waals surface area contributed by atoms with Crippen LogP contribution in [0.25, 0.3) is 0 Å². The summed E-state index contributed by atoms with van der Waals surface area (Å²) in [7, 11) is -4.37. The Morgan fingerprint density at radius 3 is 2.18 bits per heavy atom. The molecular formula is C5H13O5P. The topological polar surface area (TPSA) is 87.0 Å². The minimum absolute atomic E-state index is 0.137. The van der Waals surface area contributed by atoms with Crippen LogP contribution in [0.1, 0.15) is 13.8 Å². The second-order valence-corrected chi connectivity index (χ2v) is 3.74. The second-order valence-electron chi connectivity index (χ2n) is 2.50. The third kappa shape index (κ3) is 6.47.